The van der Waals surface area contributed by atoms with Crippen molar-refractivity contribution < 1.29 is 9.47 Å². The molecule has 0 saturated carbocycles. The van der Waals surface area contributed by atoms with Crippen molar-refractivity contribution >= 4 is 0 Å². The van der Waals surface area contributed by atoms with Crippen LogP contribution in [0.5, 0.6) is 0 Å². The molecular formula is C15H30N2O2. The van der Waals surface area contributed by atoms with Gasteiger partial charge in [0.05, 0.1) is 12.7 Å². The first-order valence-corrected chi connectivity index (χ1v) is 7.81. The first-order chi connectivity index (χ1) is 9.28. The Kier molecular flexibility index (Phi) is 6.07. The molecule has 1 unspecified atom stereocenters. The van der Waals surface area contributed by atoms with Gasteiger partial charge in [0, 0.05) is 45.3 Å². The van der Waals surface area contributed by atoms with Gasteiger partial charge in [-0.05, 0) is 32.2 Å². The summed E-state index contributed by atoms with van der Waals surface area (Å²) in [5, 5.41) is 3.54. The van der Waals surface area contributed by atoms with Crippen LogP contribution >= 0.6 is 0 Å². The molecule has 2 heterocycles. The number of likely N-dealkylation sites (tertiary alicyclic amines) is 1. The Bertz CT molecular complexity index is 247. The van der Waals surface area contributed by atoms with Crippen LogP contribution in [0.25, 0.3) is 0 Å². The molecular weight excluding hydrogens is 240 g/mol. The zero-order chi connectivity index (χ0) is 13.6. The molecule has 0 aliphatic carbocycles. The van der Waals surface area contributed by atoms with Gasteiger partial charge in [0.1, 0.15) is 0 Å². The highest BCUT2D eigenvalue weighted by atomic mass is 16.5. The minimum atomic E-state index is 0.328. The molecule has 2 aliphatic heterocycles. The number of methoxy groups -OCH3 is 1. The molecule has 2 fully saturated rings. The van der Waals surface area contributed by atoms with E-state index in [0.717, 1.165) is 26.3 Å². The summed E-state index contributed by atoms with van der Waals surface area (Å²) < 4.78 is 11.2. The second-order valence-electron chi connectivity index (χ2n) is 6.15. The van der Waals surface area contributed by atoms with Crippen molar-refractivity contribution in [2.24, 2.45) is 5.41 Å². The molecule has 1 N–H and O–H groups in total. The zero-order valence-electron chi connectivity index (χ0n) is 12.6. The molecule has 112 valence electrons. The summed E-state index contributed by atoms with van der Waals surface area (Å²) in [6, 6.07) is 0. The molecule has 19 heavy (non-hydrogen) atoms. The molecule has 0 amide bonds. The fourth-order valence-electron chi connectivity index (χ4n) is 3.40. The number of piperidine rings is 1. The topological polar surface area (TPSA) is 33.7 Å². The largest absolute Gasteiger partial charge is 0.381 e. The van der Waals surface area contributed by atoms with Gasteiger partial charge in [0.25, 0.3) is 0 Å². The molecule has 0 aromatic rings. The van der Waals surface area contributed by atoms with E-state index in [-0.39, 0.29) is 0 Å². The molecule has 0 bridgehead atoms. The number of nitrogens with one attached hydrogen (secondary N) is 1. The standard InChI is InChI=1S/C15H30N2O2/c1-3-16-11-15(7-4-10-19-13-15)12-17-8-5-14(18-2)6-9-17/h14,16H,3-13H2,1-2H3. The van der Waals surface area contributed by atoms with Gasteiger partial charge in [-0.2, -0.15) is 0 Å². The number of ether oxygens (including phenoxy) is 2. The van der Waals surface area contributed by atoms with Crippen LogP contribution in [0, 0.1) is 5.41 Å². The lowest BCUT2D eigenvalue weighted by Gasteiger charge is -2.43. The smallest absolute Gasteiger partial charge is 0.0595 e. The fourth-order valence-corrected chi connectivity index (χ4v) is 3.40. The molecule has 2 rings (SSSR count). The monoisotopic (exact) mass is 270 g/mol. The van der Waals surface area contributed by atoms with Crippen LogP contribution < -0.4 is 5.32 Å². The lowest BCUT2D eigenvalue weighted by molar-refractivity contribution is -0.0381. The normalized spacial score (nSPS) is 30.6. The Morgan fingerprint density at radius 3 is 2.74 bits per heavy atom. The highest BCUT2D eigenvalue weighted by Crippen LogP contribution is 2.30. The van der Waals surface area contributed by atoms with Crippen LogP contribution in [0.2, 0.25) is 0 Å². The van der Waals surface area contributed by atoms with Gasteiger partial charge in [-0.15, -0.1) is 0 Å². The van der Waals surface area contributed by atoms with Crippen LogP contribution in [0.3, 0.4) is 0 Å². The maximum atomic E-state index is 5.77. The Morgan fingerprint density at radius 2 is 2.16 bits per heavy atom. The van der Waals surface area contributed by atoms with E-state index in [9.17, 15) is 0 Å². The van der Waals surface area contributed by atoms with Gasteiger partial charge < -0.3 is 19.7 Å². The fraction of sp³-hybridized carbons (Fsp3) is 1.00. The summed E-state index contributed by atoms with van der Waals surface area (Å²) in [5.41, 5.74) is 0.328. The predicted molar refractivity (Wildman–Crippen MR) is 77.5 cm³/mol. The Hall–Kier alpha value is -0.160. The first kappa shape index (κ1) is 15.2. The van der Waals surface area contributed by atoms with Gasteiger partial charge in [-0.25, -0.2) is 0 Å². The van der Waals surface area contributed by atoms with Gasteiger partial charge in [0.2, 0.25) is 0 Å². The number of rotatable bonds is 6. The lowest BCUT2D eigenvalue weighted by Crippen LogP contribution is -2.51. The van der Waals surface area contributed by atoms with Crippen LogP contribution in [-0.2, 0) is 9.47 Å². The van der Waals surface area contributed by atoms with Gasteiger partial charge in [-0.1, -0.05) is 6.92 Å². The van der Waals surface area contributed by atoms with E-state index in [1.807, 2.05) is 7.11 Å². The quantitative estimate of drug-likeness (QED) is 0.793. The van der Waals surface area contributed by atoms with Crippen molar-refractivity contribution in [3.8, 4) is 0 Å². The van der Waals surface area contributed by atoms with E-state index in [0.29, 0.717) is 11.5 Å². The van der Waals surface area contributed by atoms with Crippen molar-refractivity contribution in [1.29, 1.82) is 0 Å². The molecule has 4 nitrogen and oxygen atoms in total. The molecule has 0 spiro atoms. The molecule has 0 radical (unpaired) electrons. The molecule has 0 aromatic carbocycles. The summed E-state index contributed by atoms with van der Waals surface area (Å²) in [4.78, 5) is 2.61. The summed E-state index contributed by atoms with van der Waals surface area (Å²) in [5.74, 6) is 0. The van der Waals surface area contributed by atoms with Crippen molar-refractivity contribution in [2.75, 3.05) is 53.0 Å². The molecule has 2 aliphatic rings. The van der Waals surface area contributed by atoms with Gasteiger partial charge in [-0.3, -0.25) is 0 Å². The summed E-state index contributed by atoms with van der Waals surface area (Å²) in [6.45, 7) is 9.71. The summed E-state index contributed by atoms with van der Waals surface area (Å²) in [7, 11) is 1.84. The van der Waals surface area contributed by atoms with E-state index in [1.165, 1.54) is 45.3 Å². The van der Waals surface area contributed by atoms with E-state index in [1.54, 1.807) is 0 Å². The highest BCUT2D eigenvalue weighted by Gasteiger charge is 2.35. The van der Waals surface area contributed by atoms with Crippen molar-refractivity contribution in [1.82, 2.24) is 10.2 Å². The third-order valence-corrected chi connectivity index (χ3v) is 4.58. The van der Waals surface area contributed by atoms with E-state index in [4.69, 9.17) is 9.47 Å². The maximum absolute atomic E-state index is 5.77. The molecule has 0 aromatic heterocycles. The Labute approximate surface area is 117 Å². The third-order valence-electron chi connectivity index (χ3n) is 4.58. The van der Waals surface area contributed by atoms with Gasteiger partial charge >= 0.3 is 0 Å². The summed E-state index contributed by atoms with van der Waals surface area (Å²) in [6.07, 6.45) is 5.33. The average Bonchev–Trinajstić information content (AvgIpc) is 2.47. The minimum Gasteiger partial charge on any atom is -0.381 e. The van der Waals surface area contributed by atoms with Crippen LogP contribution in [0.4, 0.5) is 0 Å². The van der Waals surface area contributed by atoms with E-state index in [2.05, 4.69) is 17.1 Å². The predicted octanol–water partition coefficient (Wildman–Crippen LogP) is 1.50. The number of hydrogen-bond acceptors (Lipinski definition) is 4. The second kappa shape index (κ2) is 7.58. The van der Waals surface area contributed by atoms with Crippen molar-refractivity contribution in [3.05, 3.63) is 0 Å². The van der Waals surface area contributed by atoms with Gasteiger partial charge in [0.15, 0.2) is 0 Å². The lowest BCUT2D eigenvalue weighted by atomic mass is 9.81. The Morgan fingerprint density at radius 1 is 1.37 bits per heavy atom. The van der Waals surface area contributed by atoms with E-state index >= 15 is 0 Å². The molecule has 2 saturated heterocycles. The average molecular weight is 270 g/mol. The zero-order valence-corrected chi connectivity index (χ0v) is 12.6. The number of hydrogen-bond donors (Lipinski definition) is 1. The number of nitrogens with zero attached hydrogens (tertiary/aromatic N) is 1. The Balaban J connectivity index is 1.85. The molecule has 4 heteroatoms. The van der Waals surface area contributed by atoms with Crippen LogP contribution in [-0.4, -0.2) is 64.1 Å². The van der Waals surface area contributed by atoms with Crippen LogP contribution in [0.1, 0.15) is 32.6 Å². The van der Waals surface area contributed by atoms with Crippen molar-refractivity contribution in [3.63, 3.8) is 0 Å². The van der Waals surface area contributed by atoms with Crippen LogP contribution in [0.15, 0.2) is 0 Å². The first-order valence-electron chi connectivity index (χ1n) is 7.81. The maximum Gasteiger partial charge on any atom is 0.0595 e. The minimum absolute atomic E-state index is 0.328. The summed E-state index contributed by atoms with van der Waals surface area (Å²) >= 11 is 0. The van der Waals surface area contributed by atoms with E-state index < -0.39 is 0 Å². The second-order valence-corrected chi connectivity index (χ2v) is 6.15. The van der Waals surface area contributed by atoms with Crippen molar-refractivity contribution in [2.45, 2.75) is 38.7 Å². The highest BCUT2D eigenvalue weighted by molar-refractivity contribution is 4.88. The third kappa shape index (κ3) is 4.42. The SMILES string of the molecule is CCNCC1(CN2CCC(OC)CC2)CCCOC1. The molecule has 1 atom stereocenters.